The Balaban J connectivity index is 1.54. The van der Waals surface area contributed by atoms with E-state index in [1.54, 1.807) is 14.2 Å². The molecule has 1 aliphatic heterocycles. The molecule has 0 atom stereocenters. The highest BCUT2D eigenvalue weighted by Gasteiger charge is 2.12. The van der Waals surface area contributed by atoms with Gasteiger partial charge in [-0.25, -0.2) is 0 Å². The quantitative estimate of drug-likeness (QED) is 0.622. The monoisotopic (exact) mass is 382 g/mol. The maximum absolute atomic E-state index is 5.39. The van der Waals surface area contributed by atoms with Gasteiger partial charge in [-0.1, -0.05) is 29.7 Å². The van der Waals surface area contributed by atoms with E-state index in [0.29, 0.717) is 11.5 Å². The summed E-state index contributed by atoms with van der Waals surface area (Å²) in [5, 5.41) is 0. The Morgan fingerprint density at radius 3 is 1.90 bits per heavy atom. The molecule has 0 radical (unpaired) electrons. The first kappa shape index (κ1) is 18.3. The second-order valence-electron chi connectivity index (χ2n) is 6.22. The average Bonchev–Trinajstić information content (AvgIpc) is 3.24. The summed E-state index contributed by atoms with van der Waals surface area (Å²) >= 11 is 0. The SMILES string of the molecule is COc1ccc(C#Cc2cccc(C#Cc3ccc4c(c3)OCO4)c2)cc1OC. The van der Waals surface area contributed by atoms with Gasteiger partial charge in [0.1, 0.15) is 0 Å². The molecule has 0 amide bonds. The third-order valence-electron chi connectivity index (χ3n) is 4.32. The maximum atomic E-state index is 5.39. The molecule has 1 heterocycles. The molecule has 0 aliphatic carbocycles. The predicted molar refractivity (Wildman–Crippen MR) is 111 cm³/mol. The van der Waals surface area contributed by atoms with Crippen molar-refractivity contribution in [1.29, 1.82) is 0 Å². The molecule has 0 aromatic heterocycles. The highest BCUT2D eigenvalue weighted by molar-refractivity contribution is 5.54. The Hall–Kier alpha value is -4.02. The van der Waals surface area contributed by atoms with Gasteiger partial charge in [0.15, 0.2) is 23.0 Å². The first-order chi connectivity index (χ1) is 14.2. The second kappa shape index (κ2) is 8.33. The molecule has 4 rings (SSSR count). The van der Waals surface area contributed by atoms with E-state index in [1.165, 1.54) is 0 Å². The highest BCUT2D eigenvalue weighted by Crippen LogP contribution is 2.32. The zero-order valence-electron chi connectivity index (χ0n) is 16.1. The molecule has 4 heteroatoms. The first-order valence-electron chi connectivity index (χ1n) is 9.01. The summed E-state index contributed by atoms with van der Waals surface area (Å²) in [6.07, 6.45) is 0. The summed E-state index contributed by atoms with van der Waals surface area (Å²) < 4.78 is 21.3. The van der Waals surface area contributed by atoms with E-state index in [4.69, 9.17) is 18.9 Å². The van der Waals surface area contributed by atoms with E-state index in [0.717, 1.165) is 33.8 Å². The Morgan fingerprint density at radius 2 is 1.21 bits per heavy atom. The van der Waals surface area contributed by atoms with Gasteiger partial charge in [-0.05, 0) is 54.6 Å². The third-order valence-corrected chi connectivity index (χ3v) is 4.32. The molecular weight excluding hydrogens is 364 g/mol. The van der Waals surface area contributed by atoms with E-state index in [-0.39, 0.29) is 6.79 Å². The zero-order chi connectivity index (χ0) is 20.1. The van der Waals surface area contributed by atoms with E-state index in [1.807, 2.05) is 60.7 Å². The Bertz CT molecular complexity index is 1170. The molecule has 0 bridgehead atoms. The van der Waals surface area contributed by atoms with Crippen LogP contribution in [0, 0.1) is 23.7 Å². The predicted octanol–water partition coefficient (Wildman–Crippen LogP) is 4.23. The van der Waals surface area contributed by atoms with Crippen LogP contribution in [0.1, 0.15) is 22.3 Å². The summed E-state index contributed by atoms with van der Waals surface area (Å²) in [7, 11) is 3.22. The van der Waals surface area contributed by atoms with Crippen LogP contribution in [-0.2, 0) is 0 Å². The van der Waals surface area contributed by atoms with E-state index in [9.17, 15) is 0 Å². The lowest BCUT2D eigenvalue weighted by molar-refractivity contribution is 0.174. The van der Waals surface area contributed by atoms with Crippen LogP contribution in [-0.4, -0.2) is 21.0 Å². The minimum absolute atomic E-state index is 0.257. The number of benzene rings is 3. The van der Waals surface area contributed by atoms with Crippen LogP contribution in [0.25, 0.3) is 0 Å². The van der Waals surface area contributed by atoms with Crippen LogP contribution in [0.15, 0.2) is 60.7 Å². The Kier molecular flexibility index (Phi) is 5.27. The van der Waals surface area contributed by atoms with Crippen molar-refractivity contribution in [3.05, 3.63) is 82.9 Å². The molecule has 142 valence electrons. The molecule has 0 N–H and O–H groups in total. The van der Waals surface area contributed by atoms with Gasteiger partial charge in [-0.3, -0.25) is 0 Å². The molecule has 0 fully saturated rings. The fraction of sp³-hybridized carbons (Fsp3) is 0.120. The average molecular weight is 382 g/mol. The van der Waals surface area contributed by atoms with Gasteiger partial charge in [0, 0.05) is 22.3 Å². The van der Waals surface area contributed by atoms with E-state index in [2.05, 4.69) is 23.7 Å². The molecule has 1 aliphatic rings. The fourth-order valence-electron chi connectivity index (χ4n) is 2.85. The molecule has 29 heavy (non-hydrogen) atoms. The molecular formula is C25H18O4. The van der Waals surface area contributed by atoms with Gasteiger partial charge in [0.05, 0.1) is 14.2 Å². The van der Waals surface area contributed by atoms with Crippen LogP contribution in [0.5, 0.6) is 23.0 Å². The van der Waals surface area contributed by atoms with Crippen LogP contribution >= 0.6 is 0 Å². The molecule has 4 nitrogen and oxygen atoms in total. The number of fused-ring (bicyclic) bond motifs is 1. The lowest BCUT2D eigenvalue weighted by atomic mass is 10.1. The van der Waals surface area contributed by atoms with Crippen molar-refractivity contribution >= 4 is 0 Å². The molecule has 0 unspecified atom stereocenters. The van der Waals surface area contributed by atoms with Crippen molar-refractivity contribution in [2.45, 2.75) is 0 Å². The van der Waals surface area contributed by atoms with Crippen LogP contribution in [0.2, 0.25) is 0 Å². The Labute approximate surface area is 170 Å². The van der Waals surface area contributed by atoms with Crippen molar-refractivity contribution in [3.8, 4) is 46.7 Å². The second-order valence-corrected chi connectivity index (χ2v) is 6.22. The van der Waals surface area contributed by atoms with Crippen molar-refractivity contribution < 1.29 is 18.9 Å². The van der Waals surface area contributed by atoms with Gasteiger partial charge in [0.25, 0.3) is 0 Å². The number of hydrogen-bond acceptors (Lipinski definition) is 4. The fourth-order valence-corrected chi connectivity index (χ4v) is 2.85. The first-order valence-corrected chi connectivity index (χ1v) is 9.01. The highest BCUT2D eigenvalue weighted by atomic mass is 16.7. The Morgan fingerprint density at radius 1 is 0.621 bits per heavy atom. The number of hydrogen-bond donors (Lipinski definition) is 0. The van der Waals surface area contributed by atoms with Crippen molar-refractivity contribution in [1.82, 2.24) is 0 Å². The van der Waals surface area contributed by atoms with Gasteiger partial charge in [-0.2, -0.15) is 0 Å². The minimum atomic E-state index is 0.257. The molecule has 3 aromatic rings. The molecule has 0 spiro atoms. The van der Waals surface area contributed by atoms with E-state index < -0.39 is 0 Å². The van der Waals surface area contributed by atoms with Crippen molar-refractivity contribution in [2.75, 3.05) is 21.0 Å². The topological polar surface area (TPSA) is 36.9 Å². The van der Waals surface area contributed by atoms with Gasteiger partial charge in [0.2, 0.25) is 6.79 Å². The molecule has 3 aromatic carbocycles. The largest absolute Gasteiger partial charge is 0.493 e. The number of rotatable bonds is 2. The van der Waals surface area contributed by atoms with Crippen LogP contribution < -0.4 is 18.9 Å². The normalized spacial score (nSPS) is 11.0. The lowest BCUT2D eigenvalue weighted by Gasteiger charge is -2.06. The van der Waals surface area contributed by atoms with Gasteiger partial charge >= 0.3 is 0 Å². The smallest absolute Gasteiger partial charge is 0.231 e. The lowest BCUT2D eigenvalue weighted by Crippen LogP contribution is -1.92. The van der Waals surface area contributed by atoms with Crippen molar-refractivity contribution in [3.63, 3.8) is 0 Å². The van der Waals surface area contributed by atoms with Crippen molar-refractivity contribution in [2.24, 2.45) is 0 Å². The zero-order valence-corrected chi connectivity index (χ0v) is 16.1. The third kappa shape index (κ3) is 4.29. The summed E-state index contributed by atoms with van der Waals surface area (Å²) in [5.74, 6) is 15.5. The summed E-state index contributed by atoms with van der Waals surface area (Å²) in [5.41, 5.74) is 3.50. The number of ether oxygens (including phenoxy) is 4. The molecule has 0 saturated carbocycles. The van der Waals surface area contributed by atoms with E-state index >= 15 is 0 Å². The number of methoxy groups -OCH3 is 2. The molecule has 0 saturated heterocycles. The summed E-state index contributed by atoms with van der Waals surface area (Å²) in [6, 6.07) is 19.1. The summed E-state index contributed by atoms with van der Waals surface area (Å²) in [6.45, 7) is 0.257. The minimum Gasteiger partial charge on any atom is -0.493 e. The van der Waals surface area contributed by atoms with Crippen LogP contribution in [0.4, 0.5) is 0 Å². The standard InChI is InChI=1S/C25H18O4/c1-26-22-12-10-20(15-24(22)27-2)8-6-18-4-3-5-19(14-18)7-9-21-11-13-23-25(16-21)29-17-28-23/h3-5,10-16H,17H2,1-2H3. The maximum Gasteiger partial charge on any atom is 0.231 e. The van der Waals surface area contributed by atoms with Crippen LogP contribution in [0.3, 0.4) is 0 Å². The van der Waals surface area contributed by atoms with Gasteiger partial charge in [-0.15, -0.1) is 0 Å². The summed E-state index contributed by atoms with van der Waals surface area (Å²) in [4.78, 5) is 0. The van der Waals surface area contributed by atoms with Gasteiger partial charge < -0.3 is 18.9 Å².